The number of imidazole rings is 1. The van der Waals surface area contributed by atoms with E-state index in [1.807, 2.05) is 12.3 Å². The fraction of sp³-hybridized carbons (Fsp3) is 0.550. The molecule has 3 aromatic heterocycles. The molecule has 0 atom stereocenters. The van der Waals surface area contributed by atoms with Crippen LogP contribution in [0.15, 0.2) is 18.5 Å². The number of hydrogen-bond acceptors (Lipinski definition) is 5. The minimum absolute atomic E-state index is 0.105. The van der Waals surface area contributed by atoms with Crippen molar-refractivity contribution >= 4 is 28.2 Å². The summed E-state index contributed by atoms with van der Waals surface area (Å²) in [6.07, 6.45) is 9.29. The smallest absolute Gasteiger partial charge is 0.407 e. The molecule has 2 aliphatic rings. The van der Waals surface area contributed by atoms with Crippen LogP contribution in [0.5, 0.6) is 0 Å². The number of aromatic nitrogens is 4. The highest BCUT2D eigenvalue weighted by atomic mass is 16.5. The summed E-state index contributed by atoms with van der Waals surface area (Å²) >= 11 is 0. The molecule has 0 saturated heterocycles. The van der Waals surface area contributed by atoms with Crippen LogP contribution in [-0.2, 0) is 11.3 Å². The minimum atomic E-state index is -0.292. The lowest BCUT2D eigenvalue weighted by atomic mass is 9.91. The number of fused-ring (bicyclic) bond motifs is 3. The highest BCUT2D eigenvalue weighted by Crippen LogP contribution is 2.35. The number of ether oxygens (including phenoxy) is 1. The fourth-order valence-corrected chi connectivity index (χ4v) is 4.31. The quantitative estimate of drug-likeness (QED) is 0.628. The Hall–Kier alpha value is -2.61. The lowest BCUT2D eigenvalue weighted by Gasteiger charge is -2.31. The second kappa shape index (κ2) is 7.09. The highest BCUT2D eigenvalue weighted by Gasteiger charge is 2.28. The van der Waals surface area contributed by atoms with Crippen LogP contribution in [0, 0.1) is 5.92 Å². The normalized spacial score (nSPS) is 22.6. The Bertz CT molecular complexity index is 998. The van der Waals surface area contributed by atoms with Crippen LogP contribution in [0.1, 0.15) is 50.4 Å². The lowest BCUT2D eigenvalue weighted by Crippen LogP contribution is -2.38. The van der Waals surface area contributed by atoms with Crippen LogP contribution in [0.3, 0.4) is 0 Å². The average Bonchev–Trinajstić information content (AvgIpc) is 3.28. The van der Waals surface area contributed by atoms with E-state index in [2.05, 4.69) is 24.8 Å². The molecule has 0 spiro atoms. The zero-order valence-electron chi connectivity index (χ0n) is 15.7. The van der Waals surface area contributed by atoms with Gasteiger partial charge in [-0.3, -0.25) is 0 Å². The number of pyridine rings is 1. The maximum Gasteiger partial charge on any atom is 0.407 e. The lowest BCUT2D eigenvalue weighted by molar-refractivity contribution is 0.132. The van der Waals surface area contributed by atoms with Crippen molar-refractivity contribution in [2.45, 2.75) is 57.2 Å². The maximum atomic E-state index is 12.0. The van der Waals surface area contributed by atoms with Gasteiger partial charge in [0.15, 0.2) is 0 Å². The van der Waals surface area contributed by atoms with Gasteiger partial charge >= 0.3 is 6.09 Å². The van der Waals surface area contributed by atoms with E-state index in [1.165, 1.54) is 12.8 Å². The third-order valence-corrected chi connectivity index (χ3v) is 5.98. The zero-order chi connectivity index (χ0) is 19.1. The molecule has 2 aliphatic carbocycles. The molecule has 0 bridgehead atoms. The Morgan fingerprint density at radius 1 is 1.29 bits per heavy atom. The molecule has 8 heteroatoms. The molecule has 3 heterocycles. The summed E-state index contributed by atoms with van der Waals surface area (Å²) in [7, 11) is 0. The maximum absolute atomic E-state index is 12.0. The van der Waals surface area contributed by atoms with Crippen molar-refractivity contribution in [2.24, 2.45) is 5.92 Å². The standard InChI is InChI=1S/C20H25N5O3/c26-10-17-24-16-9-22-19-15(7-8-21-19)18(16)25(17)14-5-3-13(4-6-14)23-20(27)28-11-12-1-2-12/h7-9,12-14,26H,1-6,10-11H2,(H,21,22)(H,23,27). The van der Waals surface area contributed by atoms with Gasteiger partial charge in [0.25, 0.3) is 0 Å². The molecule has 0 radical (unpaired) electrons. The highest BCUT2D eigenvalue weighted by molar-refractivity contribution is 6.01. The SMILES string of the molecule is O=C(NC1CCC(n2c(CO)nc3cnc4[nH]ccc4c32)CC1)OCC1CC1. The average molecular weight is 383 g/mol. The number of H-pyrrole nitrogens is 1. The Morgan fingerprint density at radius 2 is 2.11 bits per heavy atom. The molecule has 0 aliphatic heterocycles. The first-order chi connectivity index (χ1) is 13.7. The number of hydrogen-bond donors (Lipinski definition) is 3. The predicted molar refractivity (Wildman–Crippen MR) is 104 cm³/mol. The van der Waals surface area contributed by atoms with Gasteiger partial charge in [0, 0.05) is 23.7 Å². The summed E-state index contributed by atoms with van der Waals surface area (Å²) in [5.41, 5.74) is 2.66. The van der Waals surface area contributed by atoms with Gasteiger partial charge in [0.05, 0.1) is 18.3 Å². The minimum Gasteiger partial charge on any atom is -0.449 e. The topological polar surface area (TPSA) is 105 Å². The molecule has 0 aromatic carbocycles. The zero-order valence-corrected chi connectivity index (χ0v) is 15.7. The second-order valence-corrected chi connectivity index (χ2v) is 7.98. The summed E-state index contributed by atoms with van der Waals surface area (Å²) in [5.74, 6) is 1.25. The van der Waals surface area contributed by atoms with E-state index in [9.17, 15) is 9.90 Å². The Morgan fingerprint density at radius 3 is 2.86 bits per heavy atom. The Kier molecular flexibility index (Phi) is 4.43. The van der Waals surface area contributed by atoms with E-state index in [-0.39, 0.29) is 24.8 Å². The number of amides is 1. The molecule has 5 rings (SSSR count). The van der Waals surface area contributed by atoms with Crippen molar-refractivity contribution in [3.05, 3.63) is 24.3 Å². The molecular weight excluding hydrogens is 358 g/mol. The summed E-state index contributed by atoms with van der Waals surface area (Å²) in [6, 6.07) is 2.39. The van der Waals surface area contributed by atoms with Gasteiger partial charge in [-0.05, 0) is 50.5 Å². The molecule has 0 unspecified atom stereocenters. The Balaban J connectivity index is 1.32. The summed E-state index contributed by atoms with van der Waals surface area (Å²) in [6.45, 7) is 0.440. The number of carbonyl (C=O) groups is 1. The van der Waals surface area contributed by atoms with E-state index in [1.54, 1.807) is 6.20 Å². The first-order valence-corrected chi connectivity index (χ1v) is 10.1. The molecule has 148 valence electrons. The molecule has 3 aromatic rings. The van der Waals surface area contributed by atoms with E-state index >= 15 is 0 Å². The number of nitrogens with one attached hydrogen (secondary N) is 2. The van der Waals surface area contributed by atoms with Crippen molar-refractivity contribution < 1.29 is 14.6 Å². The molecule has 28 heavy (non-hydrogen) atoms. The van der Waals surface area contributed by atoms with Gasteiger partial charge in [0.1, 0.15) is 23.6 Å². The third kappa shape index (κ3) is 3.22. The van der Waals surface area contributed by atoms with Gasteiger partial charge in [-0.2, -0.15) is 0 Å². The number of aliphatic hydroxyl groups is 1. The van der Waals surface area contributed by atoms with Crippen molar-refractivity contribution in [2.75, 3.05) is 6.61 Å². The third-order valence-electron chi connectivity index (χ3n) is 5.98. The van der Waals surface area contributed by atoms with E-state index in [0.29, 0.717) is 18.3 Å². The van der Waals surface area contributed by atoms with Gasteiger partial charge < -0.3 is 24.7 Å². The second-order valence-electron chi connectivity index (χ2n) is 7.98. The molecule has 2 fully saturated rings. The molecule has 8 nitrogen and oxygen atoms in total. The number of rotatable bonds is 5. The van der Waals surface area contributed by atoms with Crippen LogP contribution in [0.25, 0.3) is 22.1 Å². The molecular formula is C20H25N5O3. The van der Waals surface area contributed by atoms with Crippen molar-refractivity contribution in [1.82, 2.24) is 24.8 Å². The van der Waals surface area contributed by atoms with Crippen LogP contribution in [-0.4, -0.2) is 43.4 Å². The summed E-state index contributed by atoms with van der Waals surface area (Å²) < 4.78 is 7.47. The fourth-order valence-electron chi connectivity index (χ4n) is 4.31. The summed E-state index contributed by atoms with van der Waals surface area (Å²) in [4.78, 5) is 24.1. The summed E-state index contributed by atoms with van der Waals surface area (Å²) in [5, 5.41) is 13.9. The van der Waals surface area contributed by atoms with E-state index in [0.717, 1.165) is 47.8 Å². The van der Waals surface area contributed by atoms with E-state index in [4.69, 9.17) is 4.74 Å². The van der Waals surface area contributed by atoms with Crippen LogP contribution < -0.4 is 5.32 Å². The van der Waals surface area contributed by atoms with Gasteiger partial charge in [-0.15, -0.1) is 0 Å². The number of aromatic amines is 1. The number of nitrogens with zero attached hydrogens (tertiary/aromatic N) is 3. The van der Waals surface area contributed by atoms with Crippen molar-refractivity contribution in [1.29, 1.82) is 0 Å². The van der Waals surface area contributed by atoms with Crippen LogP contribution in [0.4, 0.5) is 4.79 Å². The first-order valence-electron chi connectivity index (χ1n) is 10.1. The van der Waals surface area contributed by atoms with E-state index < -0.39 is 0 Å². The molecule has 2 saturated carbocycles. The largest absolute Gasteiger partial charge is 0.449 e. The van der Waals surface area contributed by atoms with Crippen LogP contribution >= 0.6 is 0 Å². The van der Waals surface area contributed by atoms with Gasteiger partial charge in [-0.25, -0.2) is 14.8 Å². The first kappa shape index (κ1) is 17.5. The predicted octanol–water partition coefficient (Wildman–Crippen LogP) is 3.02. The molecule has 1 amide bonds. The van der Waals surface area contributed by atoms with Crippen molar-refractivity contribution in [3.8, 4) is 0 Å². The van der Waals surface area contributed by atoms with Crippen molar-refractivity contribution in [3.63, 3.8) is 0 Å². The Labute approximate surface area is 162 Å². The number of aliphatic hydroxyl groups excluding tert-OH is 1. The van der Waals surface area contributed by atoms with Crippen LogP contribution in [0.2, 0.25) is 0 Å². The number of carbonyl (C=O) groups excluding carboxylic acids is 1. The monoisotopic (exact) mass is 383 g/mol. The number of alkyl carbamates (subject to hydrolysis) is 1. The van der Waals surface area contributed by atoms with Gasteiger partial charge in [0.2, 0.25) is 0 Å². The van der Waals surface area contributed by atoms with Gasteiger partial charge in [-0.1, -0.05) is 0 Å². The molecule has 3 N–H and O–H groups in total.